The molecule has 0 radical (unpaired) electrons. The third kappa shape index (κ3) is 4.86. The van der Waals surface area contributed by atoms with E-state index in [0.717, 1.165) is 0 Å². The predicted octanol–water partition coefficient (Wildman–Crippen LogP) is -0.113. The van der Waals surface area contributed by atoms with E-state index in [1.54, 1.807) is 0 Å². The second-order valence-corrected chi connectivity index (χ2v) is 6.44. The number of methoxy groups -OCH3 is 1. The molecule has 1 aromatic rings. The van der Waals surface area contributed by atoms with E-state index in [0.29, 0.717) is 12.4 Å². The molecule has 1 heterocycles. The molecular weight excluding hydrogens is 272 g/mol. The molecule has 0 bridgehead atoms. The Bertz CT molecular complexity index is 518. The fourth-order valence-electron chi connectivity index (χ4n) is 1.32. The van der Waals surface area contributed by atoms with E-state index in [1.165, 1.54) is 11.7 Å². The highest BCUT2D eigenvalue weighted by Gasteiger charge is 2.22. The van der Waals surface area contributed by atoms with Crippen LogP contribution in [0.4, 0.5) is 0 Å². The van der Waals surface area contributed by atoms with Crippen LogP contribution in [0.2, 0.25) is 0 Å². The lowest BCUT2D eigenvalue weighted by atomic mass is 10.2. The molecule has 0 aliphatic heterocycles. The van der Waals surface area contributed by atoms with Gasteiger partial charge in [-0.15, -0.1) is 10.2 Å². The number of nitrogens with two attached hydrogens (primary N) is 1. The zero-order valence-corrected chi connectivity index (χ0v) is 12.4. The summed E-state index contributed by atoms with van der Waals surface area (Å²) in [5.74, 6) is 0.399. The first-order valence-electron chi connectivity index (χ1n) is 5.73. The van der Waals surface area contributed by atoms with Crippen LogP contribution in [0.1, 0.15) is 26.6 Å². The third-order valence-corrected chi connectivity index (χ3v) is 3.01. The van der Waals surface area contributed by atoms with Crippen LogP contribution in [0, 0.1) is 0 Å². The van der Waals surface area contributed by atoms with Gasteiger partial charge in [0.2, 0.25) is 0 Å². The van der Waals surface area contributed by atoms with Gasteiger partial charge in [0.15, 0.2) is 5.82 Å². The highest BCUT2D eigenvalue weighted by molar-refractivity contribution is 7.89. The smallest absolute Gasteiger partial charge is 0.273 e. The zero-order valence-electron chi connectivity index (χ0n) is 11.6. The Kier molecular flexibility index (Phi) is 5.02. The minimum atomic E-state index is -3.92. The second kappa shape index (κ2) is 5.95. The van der Waals surface area contributed by atoms with Crippen molar-refractivity contribution in [3.8, 4) is 0 Å². The molecule has 8 nitrogen and oxygen atoms in total. The molecule has 1 rings (SSSR count). The van der Waals surface area contributed by atoms with Crippen LogP contribution < -0.4 is 5.14 Å². The molecule has 110 valence electrons. The van der Waals surface area contributed by atoms with Crippen LogP contribution in [-0.2, 0) is 32.6 Å². The van der Waals surface area contributed by atoms with Crippen molar-refractivity contribution in [3.63, 3.8) is 0 Å². The van der Waals surface area contributed by atoms with E-state index in [2.05, 4.69) is 10.2 Å². The molecule has 1 aromatic heterocycles. The Hall–Kier alpha value is -1.03. The summed E-state index contributed by atoms with van der Waals surface area (Å²) < 4.78 is 34.7. The Morgan fingerprint density at radius 2 is 1.95 bits per heavy atom. The minimum Gasteiger partial charge on any atom is -0.383 e. The molecular formula is C10H20N4O4S. The molecule has 2 N–H and O–H groups in total. The van der Waals surface area contributed by atoms with Gasteiger partial charge in [-0.1, -0.05) is 0 Å². The van der Waals surface area contributed by atoms with Crippen molar-refractivity contribution < 1.29 is 17.9 Å². The van der Waals surface area contributed by atoms with Crippen LogP contribution >= 0.6 is 0 Å². The number of rotatable bonds is 6. The molecule has 0 saturated heterocycles. The van der Waals surface area contributed by atoms with Gasteiger partial charge in [-0.25, -0.2) is 13.6 Å². The van der Waals surface area contributed by atoms with Crippen LogP contribution in [0.5, 0.6) is 0 Å². The Morgan fingerprint density at radius 1 is 1.32 bits per heavy atom. The van der Waals surface area contributed by atoms with Gasteiger partial charge < -0.3 is 9.47 Å². The van der Waals surface area contributed by atoms with Crippen molar-refractivity contribution in [1.82, 2.24) is 14.8 Å². The number of hydrogen-bond acceptors (Lipinski definition) is 6. The van der Waals surface area contributed by atoms with Gasteiger partial charge in [0, 0.05) is 7.11 Å². The van der Waals surface area contributed by atoms with E-state index < -0.39 is 10.0 Å². The van der Waals surface area contributed by atoms with Gasteiger partial charge in [-0.05, 0) is 20.8 Å². The lowest BCUT2D eigenvalue weighted by Gasteiger charge is -2.19. The van der Waals surface area contributed by atoms with Crippen molar-refractivity contribution in [1.29, 1.82) is 0 Å². The number of ether oxygens (including phenoxy) is 2. The first kappa shape index (κ1) is 16.0. The number of sulfonamides is 1. The largest absolute Gasteiger partial charge is 0.383 e. The fraction of sp³-hybridized carbons (Fsp3) is 0.800. The molecule has 0 fully saturated rings. The quantitative estimate of drug-likeness (QED) is 0.783. The van der Waals surface area contributed by atoms with Crippen molar-refractivity contribution >= 4 is 10.0 Å². The maximum atomic E-state index is 11.4. The first-order valence-corrected chi connectivity index (χ1v) is 7.27. The third-order valence-electron chi connectivity index (χ3n) is 2.20. The molecule has 0 atom stereocenters. The van der Waals surface area contributed by atoms with Crippen LogP contribution in [0.3, 0.4) is 0 Å². The number of aromatic nitrogens is 3. The normalized spacial score (nSPS) is 12.9. The molecule has 0 amide bonds. The average molecular weight is 292 g/mol. The van der Waals surface area contributed by atoms with Gasteiger partial charge in [-0.2, -0.15) is 0 Å². The highest BCUT2D eigenvalue weighted by Crippen LogP contribution is 2.13. The van der Waals surface area contributed by atoms with E-state index >= 15 is 0 Å². The standard InChI is InChI=1S/C10H20N4O4S/c1-10(2,3)18-7-8-12-13-9(19(11,15)16)14(8)5-6-17-4/h5-7H2,1-4H3,(H2,11,15,16). The monoisotopic (exact) mass is 292 g/mol. The summed E-state index contributed by atoms with van der Waals surface area (Å²) in [4.78, 5) is 0. The summed E-state index contributed by atoms with van der Waals surface area (Å²) in [6.07, 6.45) is 0. The van der Waals surface area contributed by atoms with E-state index in [-0.39, 0.29) is 23.9 Å². The summed E-state index contributed by atoms with van der Waals surface area (Å²) >= 11 is 0. The van der Waals surface area contributed by atoms with Crippen molar-refractivity contribution in [2.75, 3.05) is 13.7 Å². The Labute approximate surface area is 113 Å². The van der Waals surface area contributed by atoms with Crippen molar-refractivity contribution in [2.24, 2.45) is 5.14 Å². The van der Waals surface area contributed by atoms with E-state index in [9.17, 15) is 8.42 Å². The van der Waals surface area contributed by atoms with Crippen LogP contribution in [0.25, 0.3) is 0 Å². The number of nitrogens with zero attached hydrogens (tertiary/aromatic N) is 3. The maximum absolute atomic E-state index is 11.4. The molecule has 0 aliphatic rings. The van der Waals surface area contributed by atoms with Gasteiger partial charge >= 0.3 is 0 Å². The summed E-state index contributed by atoms with van der Waals surface area (Å²) in [5.41, 5.74) is -0.361. The predicted molar refractivity (Wildman–Crippen MR) is 67.8 cm³/mol. The summed E-state index contributed by atoms with van der Waals surface area (Å²) in [7, 11) is -2.40. The SMILES string of the molecule is COCCn1c(COC(C)(C)C)nnc1S(N)(=O)=O. The Balaban J connectivity index is 3.01. The zero-order chi connectivity index (χ0) is 14.7. The van der Waals surface area contributed by atoms with E-state index in [1.807, 2.05) is 20.8 Å². The molecule has 9 heteroatoms. The van der Waals surface area contributed by atoms with E-state index in [4.69, 9.17) is 14.6 Å². The molecule has 0 aromatic carbocycles. The minimum absolute atomic E-state index is 0.149. The highest BCUT2D eigenvalue weighted by atomic mass is 32.2. The van der Waals surface area contributed by atoms with Crippen molar-refractivity contribution in [2.45, 2.75) is 44.7 Å². The average Bonchev–Trinajstić information content (AvgIpc) is 2.65. The number of hydrogen-bond donors (Lipinski definition) is 1. The number of primary sulfonamides is 1. The van der Waals surface area contributed by atoms with Crippen LogP contribution in [0.15, 0.2) is 5.16 Å². The first-order chi connectivity index (χ1) is 8.65. The van der Waals surface area contributed by atoms with Gasteiger partial charge in [-0.3, -0.25) is 4.57 Å². The maximum Gasteiger partial charge on any atom is 0.273 e. The fourth-order valence-corrected chi connectivity index (χ4v) is 1.98. The van der Waals surface area contributed by atoms with Gasteiger partial charge in [0.05, 0.1) is 18.8 Å². The second-order valence-electron chi connectivity index (χ2n) is 4.99. The molecule has 19 heavy (non-hydrogen) atoms. The lowest BCUT2D eigenvalue weighted by Crippen LogP contribution is -2.23. The lowest BCUT2D eigenvalue weighted by molar-refractivity contribution is -0.0198. The summed E-state index contributed by atoms with van der Waals surface area (Å²) in [6, 6.07) is 0. The Morgan fingerprint density at radius 3 is 2.42 bits per heavy atom. The molecule has 0 saturated carbocycles. The molecule has 0 unspecified atom stereocenters. The topological polar surface area (TPSA) is 109 Å². The van der Waals surface area contributed by atoms with Gasteiger partial charge in [0.25, 0.3) is 15.2 Å². The van der Waals surface area contributed by atoms with Crippen molar-refractivity contribution in [3.05, 3.63) is 5.82 Å². The van der Waals surface area contributed by atoms with Gasteiger partial charge in [0.1, 0.15) is 6.61 Å². The summed E-state index contributed by atoms with van der Waals surface area (Å²) in [5, 5.41) is 12.2. The summed E-state index contributed by atoms with van der Waals surface area (Å²) in [6.45, 7) is 6.44. The molecule has 0 aliphatic carbocycles. The van der Waals surface area contributed by atoms with Crippen LogP contribution in [-0.4, -0.2) is 42.5 Å². The molecule has 0 spiro atoms.